The van der Waals surface area contributed by atoms with Gasteiger partial charge in [0.05, 0.1) is 6.04 Å². The second-order valence-electron chi connectivity index (χ2n) is 5.83. The molecule has 18 heavy (non-hydrogen) atoms. The Labute approximate surface area is 115 Å². The zero-order valence-corrected chi connectivity index (χ0v) is 12.7. The van der Waals surface area contributed by atoms with Crippen LogP contribution >= 0.6 is 11.3 Å². The minimum absolute atomic E-state index is 0.181. The van der Waals surface area contributed by atoms with Crippen molar-refractivity contribution < 1.29 is 0 Å². The lowest BCUT2D eigenvalue weighted by atomic mass is 9.88. The first-order valence-electron chi connectivity index (χ1n) is 7.10. The topological polar surface area (TPSA) is 15.3 Å². The fraction of sp³-hybridized carbons (Fsp3) is 0.733. The number of likely N-dealkylation sites (tertiary alicyclic amines) is 1. The van der Waals surface area contributed by atoms with E-state index in [-0.39, 0.29) is 5.54 Å². The molecule has 1 aliphatic rings. The van der Waals surface area contributed by atoms with Gasteiger partial charge in [0, 0.05) is 5.54 Å². The van der Waals surface area contributed by atoms with Crippen molar-refractivity contribution in [2.24, 2.45) is 0 Å². The van der Waals surface area contributed by atoms with Gasteiger partial charge in [-0.2, -0.15) is 11.3 Å². The summed E-state index contributed by atoms with van der Waals surface area (Å²) < 4.78 is 0. The molecule has 102 valence electrons. The molecule has 1 saturated heterocycles. The second kappa shape index (κ2) is 6.18. The Kier molecular flexibility index (Phi) is 4.82. The van der Waals surface area contributed by atoms with E-state index < -0.39 is 0 Å². The van der Waals surface area contributed by atoms with Gasteiger partial charge in [-0.05, 0) is 69.2 Å². The van der Waals surface area contributed by atoms with E-state index >= 15 is 0 Å². The summed E-state index contributed by atoms with van der Waals surface area (Å²) in [6, 6.07) is 2.67. The summed E-state index contributed by atoms with van der Waals surface area (Å²) in [5.74, 6) is 0. The molecule has 1 aliphatic heterocycles. The second-order valence-corrected chi connectivity index (χ2v) is 6.61. The van der Waals surface area contributed by atoms with Crippen LogP contribution in [-0.2, 0) is 0 Å². The molecule has 0 amide bonds. The summed E-state index contributed by atoms with van der Waals surface area (Å²) in [6.45, 7) is 7.26. The highest BCUT2D eigenvalue weighted by molar-refractivity contribution is 7.07. The fourth-order valence-electron chi connectivity index (χ4n) is 3.20. The molecule has 1 unspecified atom stereocenters. The Morgan fingerprint density at radius 2 is 1.89 bits per heavy atom. The normalized spacial score (nSPS) is 20.6. The Balaban J connectivity index is 2.16. The largest absolute Gasteiger partial charge is 0.311 e. The number of nitrogens with one attached hydrogen (secondary N) is 1. The molecule has 1 aromatic rings. The van der Waals surface area contributed by atoms with Gasteiger partial charge in [-0.15, -0.1) is 0 Å². The Morgan fingerprint density at radius 1 is 1.22 bits per heavy atom. The summed E-state index contributed by atoms with van der Waals surface area (Å²) in [5.41, 5.74) is 1.61. The van der Waals surface area contributed by atoms with Crippen molar-refractivity contribution >= 4 is 11.3 Å². The van der Waals surface area contributed by atoms with Gasteiger partial charge in [0.25, 0.3) is 0 Å². The van der Waals surface area contributed by atoms with Gasteiger partial charge >= 0.3 is 0 Å². The minimum Gasteiger partial charge on any atom is -0.311 e. The molecule has 0 radical (unpaired) electrons. The Hall–Kier alpha value is -0.380. The molecule has 0 bridgehead atoms. The molecule has 0 spiro atoms. The number of thiophene rings is 1. The number of likely N-dealkylation sites (N-methyl/N-ethyl adjacent to an activating group) is 1. The molecule has 1 N–H and O–H groups in total. The number of hydrogen-bond donors (Lipinski definition) is 1. The smallest absolute Gasteiger partial charge is 0.0507 e. The van der Waals surface area contributed by atoms with E-state index in [1.807, 2.05) is 0 Å². The molecule has 0 aromatic carbocycles. The first kappa shape index (κ1) is 14.0. The lowest BCUT2D eigenvalue weighted by molar-refractivity contribution is 0.0866. The van der Waals surface area contributed by atoms with E-state index in [1.54, 1.807) is 11.3 Å². The van der Waals surface area contributed by atoms with Gasteiger partial charge in [0.1, 0.15) is 0 Å². The molecule has 1 atom stereocenters. The van der Waals surface area contributed by atoms with Gasteiger partial charge in [0.2, 0.25) is 0 Å². The van der Waals surface area contributed by atoms with E-state index in [4.69, 9.17) is 0 Å². The van der Waals surface area contributed by atoms with Crippen molar-refractivity contribution in [3.8, 4) is 0 Å². The summed E-state index contributed by atoms with van der Waals surface area (Å²) >= 11 is 1.79. The third kappa shape index (κ3) is 2.95. The summed E-state index contributed by atoms with van der Waals surface area (Å²) in [6.07, 6.45) is 5.50. The van der Waals surface area contributed by atoms with Crippen molar-refractivity contribution in [3.63, 3.8) is 0 Å². The molecule has 2 rings (SSSR count). The van der Waals surface area contributed by atoms with Crippen molar-refractivity contribution in [1.82, 2.24) is 10.2 Å². The van der Waals surface area contributed by atoms with Gasteiger partial charge in [-0.3, -0.25) is 4.90 Å². The van der Waals surface area contributed by atoms with E-state index in [0.717, 1.165) is 0 Å². The highest BCUT2D eigenvalue weighted by Gasteiger charge is 2.35. The van der Waals surface area contributed by atoms with Crippen LogP contribution < -0.4 is 5.32 Å². The SMILES string of the molecule is CNC(c1ccsc1)C(C)(C)N1CCCCCC1. The maximum Gasteiger partial charge on any atom is 0.0507 e. The maximum absolute atomic E-state index is 3.53. The van der Waals surface area contributed by atoms with Crippen molar-refractivity contribution in [2.75, 3.05) is 20.1 Å². The number of hydrogen-bond acceptors (Lipinski definition) is 3. The first-order chi connectivity index (χ1) is 8.66. The average molecular weight is 266 g/mol. The van der Waals surface area contributed by atoms with E-state index in [2.05, 4.69) is 47.9 Å². The van der Waals surface area contributed by atoms with Crippen molar-refractivity contribution in [1.29, 1.82) is 0 Å². The third-order valence-electron chi connectivity index (χ3n) is 4.29. The van der Waals surface area contributed by atoms with Crippen LogP contribution in [0.4, 0.5) is 0 Å². The van der Waals surface area contributed by atoms with Crippen LogP contribution in [0.25, 0.3) is 0 Å². The molecule has 2 nitrogen and oxygen atoms in total. The molecule has 0 aliphatic carbocycles. The molecule has 1 aromatic heterocycles. The molecule has 0 saturated carbocycles. The highest BCUT2D eigenvalue weighted by atomic mass is 32.1. The average Bonchev–Trinajstić information content (AvgIpc) is 2.70. The predicted octanol–water partition coefficient (Wildman–Crippen LogP) is 3.66. The first-order valence-corrected chi connectivity index (χ1v) is 8.05. The van der Waals surface area contributed by atoms with Gasteiger partial charge in [-0.1, -0.05) is 12.8 Å². The van der Waals surface area contributed by atoms with Crippen LogP contribution in [0.3, 0.4) is 0 Å². The van der Waals surface area contributed by atoms with Gasteiger partial charge in [-0.25, -0.2) is 0 Å². The quantitative estimate of drug-likeness (QED) is 0.894. The summed E-state index contributed by atoms with van der Waals surface area (Å²) in [7, 11) is 2.09. The predicted molar refractivity (Wildman–Crippen MR) is 80.2 cm³/mol. The van der Waals surface area contributed by atoms with Gasteiger partial charge < -0.3 is 5.32 Å². The van der Waals surface area contributed by atoms with Gasteiger partial charge in [0.15, 0.2) is 0 Å². The van der Waals surface area contributed by atoms with Crippen LogP contribution in [0.1, 0.15) is 51.1 Å². The van der Waals surface area contributed by atoms with Crippen LogP contribution in [0.15, 0.2) is 16.8 Å². The van der Waals surface area contributed by atoms with Crippen molar-refractivity contribution in [3.05, 3.63) is 22.4 Å². The van der Waals surface area contributed by atoms with E-state index in [0.29, 0.717) is 6.04 Å². The lowest BCUT2D eigenvalue weighted by Crippen LogP contribution is -2.52. The summed E-state index contributed by atoms with van der Waals surface area (Å²) in [4.78, 5) is 2.68. The molecular formula is C15H26N2S. The van der Waals surface area contributed by atoms with E-state index in [1.165, 1.54) is 44.3 Å². The number of nitrogens with zero attached hydrogens (tertiary/aromatic N) is 1. The molecule has 2 heterocycles. The monoisotopic (exact) mass is 266 g/mol. The van der Waals surface area contributed by atoms with Crippen LogP contribution in [0, 0.1) is 0 Å². The van der Waals surface area contributed by atoms with Crippen LogP contribution in [0.2, 0.25) is 0 Å². The zero-order valence-electron chi connectivity index (χ0n) is 11.9. The van der Waals surface area contributed by atoms with Crippen LogP contribution in [0.5, 0.6) is 0 Å². The maximum atomic E-state index is 3.53. The standard InChI is InChI=1S/C15H26N2S/c1-15(2,17-9-6-4-5-7-10-17)14(16-3)13-8-11-18-12-13/h8,11-12,14,16H,4-7,9-10H2,1-3H3. The fourth-order valence-corrected chi connectivity index (χ4v) is 3.88. The molecule has 1 fully saturated rings. The van der Waals surface area contributed by atoms with Crippen molar-refractivity contribution in [2.45, 2.75) is 51.1 Å². The van der Waals surface area contributed by atoms with E-state index in [9.17, 15) is 0 Å². The third-order valence-corrected chi connectivity index (χ3v) is 4.99. The minimum atomic E-state index is 0.181. The summed E-state index contributed by atoms with van der Waals surface area (Å²) in [5, 5.41) is 7.98. The zero-order chi connectivity index (χ0) is 13.0. The Morgan fingerprint density at radius 3 is 2.39 bits per heavy atom. The Bertz CT molecular complexity index is 337. The highest BCUT2D eigenvalue weighted by Crippen LogP contribution is 2.33. The number of rotatable bonds is 4. The molecule has 3 heteroatoms. The molecular weight excluding hydrogens is 240 g/mol. The lowest BCUT2D eigenvalue weighted by Gasteiger charge is -2.43. The van der Waals surface area contributed by atoms with Crippen LogP contribution in [-0.4, -0.2) is 30.6 Å².